The van der Waals surface area contributed by atoms with Gasteiger partial charge in [0.25, 0.3) is 5.91 Å². The molecule has 174 valence electrons. The summed E-state index contributed by atoms with van der Waals surface area (Å²) in [5.41, 5.74) is 12.6. The van der Waals surface area contributed by atoms with Gasteiger partial charge in [0.1, 0.15) is 22.9 Å². The Labute approximate surface area is 192 Å². The van der Waals surface area contributed by atoms with E-state index in [1.807, 2.05) is 0 Å². The summed E-state index contributed by atoms with van der Waals surface area (Å²) >= 11 is 0. The summed E-state index contributed by atoms with van der Waals surface area (Å²) in [6.45, 7) is 1.30. The van der Waals surface area contributed by atoms with Crippen LogP contribution >= 0.6 is 0 Å². The predicted molar refractivity (Wildman–Crippen MR) is 122 cm³/mol. The number of primary amides is 1. The number of rotatable bonds is 7. The van der Waals surface area contributed by atoms with Crippen LogP contribution in [-0.4, -0.2) is 67.5 Å². The fraction of sp³-hybridized carbons (Fsp3) is 0.348. The number of ether oxygens (including phenoxy) is 3. The smallest absolute Gasteiger partial charge is 0.255 e. The third kappa shape index (κ3) is 5.45. The van der Waals surface area contributed by atoms with E-state index in [1.54, 1.807) is 50.5 Å². The molecule has 1 atom stereocenters. The molecule has 3 rings (SSSR count). The first-order valence-corrected chi connectivity index (χ1v) is 10.2. The predicted octanol–water partition coefficient (Wildman–Crippen LogP) is 0.957. The van der Waals surface area contributed by atoms with Crippen LogP contribution in [0, 0.1) is 11.8 Å². The second-order valence-corrected chi connectivity index (χ2v) is 7.35. The topological polar surface area (TPSA) is 135 Å². The number of nitrogen functional groups attached to an aromatic ring is 1. The average Bonchev–Trinajstić information content (AvgIpc) is 3.42. The molecule has 4 N–H and O–H groups in total. The van der Waals surface area contributed by atoms with Gasteiger partial charge >= 0.3 is 0 Å². The van der Waals surface area contributed by atoms with Gasteiger partial charge in [0, 0.05) is 37.9 Å². The van der Waals surface area contributed by atoms with E-state index in [0.717, 1.165) is 0 Å². The highest BCUT2D eigenvalue weighted by atomic mass is 16.5. The fourth-order valence-corrected chi connectivity index (χ4v) is 3.56. The van der Waals surface area contributed by atoms with E-state index in [9.17, 15) is 9.59 Å². The Hall–Kier alpha value is -3.97. The zero-order valence-corrected chi connectivity index (χ0v) is 18.8. The first kappa shape index (κ1) is 23.7. The Kier molecular flexibility index (Phi) is 7.58. The van der Waals surface area contributed by atoms with Crippen molar-refractivity contribution in [2.24, 2.45) is 5.73 Å². The molecule has 0 radical (unpaired) electrons. The van der Waals surface area contributed by atoms with Crippen LogP contribution in [0.4, 0.5) is 5.82 Å². The third-order valence-electron chi connectivity index (χ3n) is 5.21. The fourth-order valence-electron chi connectivity index (χ4n) is 3.56. The zero-order chi connectivity index (χ0) is 24.0. The van der Waals surface area contributed by atoms with Crippen LogP contribution in [0.25, 0.3) is 0 Å². The normalized spacial score (nSPS) is 15.4. The van der Waals surface area contributed by atoms with Crippen molar-refractivity contribution in [3.63, 3.8) is 0 Å². The van der Waals surface area contributed by atoms with Gasteiger partial charge in [0.05, 0.1) is 26.9 Å². The molecule has 1 fully saturated rings. The molecule has 1 unspecified atom stereocenters. The number of hydrogen-bond donors (Lipinski definition) is 2. The van der Waals surface area contributed by atoms with E-state index in [0.29, 0.717) is 43.2 Å². The Balaban J connectivity index is 1.88. The molecule has 0 aliphatic carbocycles. The maximum atomic E-state index is 12.3. The Morgan fingerprint density at radius 2 is 1.88 bits per heavy atom. The van der Waals surface area contributed by atoms with Gasteiger partial charge in [-0.1, -0.05) is 12.0 Å². The lowest BCUT2D eigenvalue weighted by Gasteiger charge is -2.15. The van der Waals surface area contributed by atoms with Gasteiger partial charge in [0.2, 0.25) is 5.91 Å². The van der Waals surface area contributed by atoms with Gasteiger partial charge in [0.15, 0.2) is 5.69 Å². The highest BCUT2D eigenvalue weighted by Crippen LogP contribution is 2.27. The van der Waals surface area contributed by atoms with Crippen LogP contribution < -0.4 is 20.9 Å². The minimum Gasteiger partial charge on any atom is -0.497 e. The highest BCUT2D eigenvalue weighted by Gasteiger charge is 2.30. The summed E-state index contributed by atoms with van der Waals surface area (Å²) in [6, 6.07) is 4.99. The lowest BCUT2D eigenvalue weighted by molar-refractivity contribution is -0.125. The molecule has 2 amide bonds. The number of aromatic nitrogens is 2. The lowest BCUT2D eigenvalue weighted by atomic mass is 10.1. The standard InChI is InChI=1S/C23H27N5O5/c1-31-10-4-5-20(29)27-9-8-16(14-27)28-22(24)21(23(25)30)19(26-28)7-6-15-11-17(32-2)13-18(12-15)33-3/h4-5,11-13,16H,8-10,14,24H2,1-3H3,(H2,25,30)/b5-4+. The minimum absolute atomic E-state index is 0.0575. The number of carbonyl (C=O) groups excluding carboxylic acids is 2. The van der Waals surface area contributed by atoms with Crippen LogP contribution in [0.3, 0.4) is 0 Å². The number of benzene rings is 1. The van der Waals surface area contributed by atoms with Gasteiger partial charge < -0.3 is 30.6 Å². The molecular weight excluding hydrogens is 426 g/mol. The van der Waals surface area contributed by atoms with Crippen molar-refractivity contribution in [1.29, 1.82) is 0 Å². The summed E-state index contributed by atoms with van der Waals surface area (Å²) in [4.78, 5) is 26.1. The molecule has 1 aliphatic rings. The Bertz CT molecular complexity index is 1110. The van der Waals surface area contributed by atoms with Gasteiger partial charge in [-0.2, -0.15) is 5.10 Å². The van der Waals surface area contributed by atoms with Crippen LogP contribution in [-0.2, 0) is 9.53 Å². The number of methoxy groups -OCH3 is 3. The van der Waals surface area contributed by atoms with Crippen molar-refractivity contribution in [3.05, 3.63) is 47.2 Å². The molecule has 1 aromatic carbocycles. The number of anilines is 1. The molecule has 10 heteroatoms. The summed E-state index contributed by atoms with van der Waals surface area (Å²) in [5.74, 6) is 6.28. The van der Waals surface area contributed by atoms with E-state index in [4.69, 9.17) is 25.7 Å². The van der Waals surface area contributed by atoms with Crippen molar-refractivity contribution in [1.82, 2.24) is 14.7 Å². The van der Waals surface area contributed by atoms with E-state index >= 15 is 0 Å². The SMILES string of the molecule is COC/C=C/C(=O)N1CCC(n2nc(C#Cc3cc(OC)cc(OC)c3)c(C(N)=O)c2N)C1. The molecule has 1 saturated heterocycles. The number of nitrogens with zero attached hydrogens (tertiary/aromatic N) is 3. The summed E-state index contributed by atoms with van der Waals surface area (Å²) in [5, 5.41) is 4.46. The third-order valence-corrected chi connectivity index (χ3v) is 5.21. The molecule has 0 spiro atoms. The lowest BCUT2D eigenvalue weighted by Crippen LogP contribution is -2.28. The Morgan fingerprint density at radius 3 is 2.48 bits per heavy atom. The van der Waals surface area contributed by atoms with Crippen molar-refractivity contribution in [2.75, 3.05) is 46.8 Å². The van der Waals surface area contributed by atoms with Crippen molar-refractivity contribution in [2.45, 2.75) is 12.5 Å². The quantitative estimate of drug-likeness (QED) is 0.471. The summed E-state index contributed by atoms with van der Waals surface area (Å²) in [6.07, 6.45) is 3.77. The zero-order valence-electron chi connectivity index (χ0n) is 18.8. The second-order valence-electron chi connectivity index (χ2n) is 7.35. The van der Waals surface area contributed by atoms with E-state index in [-0.39, 0.29) is 29.0 Å². The molecule has 1 aromatic heterocycles. The molecule has 10 nitrogen and oxygen atoms in total. The van der Waals surface area contributed by atoms with E-state index < -0.39 is 5.91 Å². The van der Waals surface area contributed by atoms with Crippen LogP contribution in [0.1, 0.15) is 34.1 Å². The van der Waals surface area contributed by atoms with Gasteiger partial charge in [-0.15, -0.1) is 0 Å². The number of likely N-dealkylation sites (tertiary alicyclic amines) is 1. The van der Waals surface area contributed by atoms with E-state index in [2.05, 4.69) is 16.9 Å². The minimum atomic E-state index is -0.722. The average molecular weight is 453 g/mol. The van der Waals surface area contributed by atoms with Crippen LogP contribution in [0.5, 0.6) is 11.5 Å². The maximum absolute atomic E-state index is 12.3. The molecule has 0 saturated carbocycles. The summed E-state index contributed by atoms with van der Waals surface area (Å²) < 4.78 is 17.0. The number of nitrogens with two attached hydrogens (primary N) is 2. The first-order valence-electron chi connectivity index (χ1n) is 10.2. The highest BCUT2D eigenvalue weighted by molar-refractivity contribution is 5.99. The van der Waals surface area contributed by atoms with Crippen molar-refractivity contribution >= 4 is 17.6 Å². The largest absolute Gasteiger partial charge is 0.497 e. The number of carbonyl (C=O) groups is 2. The molecular formula is C23H27N5O5. The van der Waals surface area contributed by atoms with Crippen molar-refractivity contribution in [3.8, 4) is 23.3 Å². The maximum Gasteiger partial charge on any atom is 0.255 e. The second kappa shape index (κ2) is 10.6. The van der Waals surface area contributed by atoms with Gasteiger partial charge in [-0.05, 0) is 24.5 Å². The first-order chi connectivity index (χ1) is 15.9. The van der Waals surface area contributed by atoms with Crippen LogP contribution in [0.2, 0.25) is 0 Å². The molecule has 2 aromatic rings. The van der Waals surface area contributed by atoms with Gasteiger partial charge in [-0.3, -0.25) is 9.59 Å². The molecule has 0 bridgehead atoms. The number of hydrogen-bond acceptors (Lipinski definition) is 7. The number of amides is 2. The van der Waals surface area contributed by atoms with Crippen molar-refractivity contribution < 1.29 is 23.8 Å². The molecule has 2 heterocycles. The van der Waals surface area contributed by atoms with Crippen LogP contribution in [0.15, 0.2) is 30.4 Å². The monoisotopic (exact) mass is 453 g/mol. The van der Waals surface area contributed by atoms with Gasteiger partial charge in [-0.25, -0.2) is 4.68 Å². The molecule has 1 aliphatic heterocycles. The molecule has 33 heavy (non-hydrogen) atoms. The Morgan fingerprint density at radius 1 is 1.18 bits per heavy atom. The van der Waals surface area contributed by atoms with E-state index in [1.165, 1.54) is 10.8 Å². The summed E-state index contributed by atoms with van der Waals surface area (Å²) in [7, 11) is 4.65.